The molecule has 24 heavy (non-hydrogen) atoms. The molecule has 0 fully saturated rings. The van der Waals surface area contributed by atoms with Crippen molar-refractivity contribution in [2.75, 3.05) is 19.5 Å². The molecule has 0 saturated carbocycles. The molecule has 2 rings (SSSR count). The Bertz CT molecular complexity index is 784. The van der Waals surface area contributed by atoms with Gasteiger partial charge in [0.1, 0.15) is 0 Å². The molecule has 0 heterocycles. The zero-order valence-electron chi connectivity index (χ0n) is 12.8. The van der Waals surface area contributed by atoms with E-state index in [4.69, 9.17) is 44.3 Å². The fourth-order valence-electron chi connectivity index (χ4n) is 2.02. The van der Waals surface area contributed by atoms with Gasteiger partial charge in [-0.05, 0) is 29.8 Å². The van der Waals surface area contributed by atoms with Crippen LogP contribution >= 0.6 is 50.7 Å². The lowest BCUT2D eigenvalue weighted by Gasteiger charge is -2.13. The van der Waals surface area contributed by atoms with Crippen LogP contribution in [-0.4, -0.2) is 20.1 Å². The first-order chi connectivity index (χ1) is 11.3. The molecule has 0 aliphatic carbocycles. The molecule has 0 bridgehead atoms. The molecular weight excluding hydrogens is 440 g/mol. The summed E-state index contributed by atoms with van der Waals surface area (Å²) in [7, 11) is 3.08. The molecule has 0 saturated heterocycles. The molecule has 0 radical (unpaired) electrons. The predicted octanol–water partition coefficient (Wildman–Crippen LogP) is 5.61. The Labute approximate surface area is 163 Å². The van der Waals surface area contributed by atoms with Crippen molar-refractivity contribution >= 4 is 62.3 Å². The number of halogens is 4. The molecule has 0 aliphatic heterocycles. The summed E-state index contributed by atoms with van der Waals surface area (Å²) in [6.45, 7) is 0. The number of anilines is 1. The SMILES string of the molecule is COc1cc(Br)c(CC(=O)Nc2cc(Cl)c(Cl)cc2Cl)cc1OC. The van der Waals surface area contributed by atoms with Crippen molar-refractivity contribution < 1.29 is 14.3 Å². The van der Waals surface area contributed by atoms with Crippen LogP contribution in [-0.2, 0) is 11.2 Å². The Hall–Kier alpha value is -1.14. The number of carbonyl (C=O) groups is 1. The van der Waals surface area contributed by atoms with Gasteiger partial charge in [-0.15, -0.1) is 0 Å². The van der Waals surface area contributed by atoms with Gasteiger partial charge in [0.05, 0.1) is 41.4 Å². The van der Waals surface area contributed by atoms with Gasteiger partial charge in [0.15, 0.2) is 11.5 Å². The average Bonchev–Trinajstić information content (AvgIpc) is 2.54. The van der Waals surface area contributed by atoms with Crippen LogP contribution in [0.1, 0.15) is 5.56 Å². The highest BCUT2D eigenvalue weighted by molar-refractivity contribution is 9.10. The third-order valence-corrected chi connectivity index (χ3v) is 4.96. The first kappa shape index (κ1) is 19.2. The van der Waals surface area contributed by atoms with E-state index < -0.39 is 0 Å². The molecule has 2 aromatic rings. The average molecular weight is 454 g/mol. The van der Waals surface area contributed by atoms with Gasteiger partial charge < -0.3 is 14.8 Å². The maximum atomic E-state index is 12.3. The highest BCUT2D eigenvalue weighted by atomic mass is 79.9. The van der Waals surface area contributed by atoms with E-state index in [1.807, 2.05) is 0 Å². The zero-order valence-corrected chi connectivity index (χ0v) is 16.6. The van der Waals surface area contributed by atoms with Crippen molar-refractivity contribution in [2.45, 2.75) is 6.42 Å². The number of nitrogens with one attached hydrogen (secondary N) is 1. The Kier molecular flexibility index (Phi) is 6.63. The summed E-state index contributed by atoms with van der Waals surface area (Å²) in [5.41, 5.74) is 1.13. The minimum atomic E-state index is -0.261. The topological polar surface area (TPSA) is 47.6 Å². The quantitative estimate of drug-likeness (QED) is 0.599. The van der Waals surface area contributed by atoms with Crippen molar-refractivity contribution in [3.05, 3.63) is 49.4 Å². The smallest absolute Gasteiger partial charge is 0.228 e. The third-order valence-electron chi connectivity index (χ3n) is 3.19. The number of hydrogen-bond donors (Lipinski definition) is 1. The highest BCUT2D eigenvalue weighted by Gasteiger charge is 2.14. The first-order valence-corrected chi connectivity index (χ1v) is 8.63. The van der Waals surface area contributed by atoms with Crippen LogP contribution in [0.3, 0.4) is 0 Å². The van der Waals surface area contributed by atoms with Crippen molar-refractivity contribution in [3.63, 3.8) is 0 Å². The van der Waals surface area contributed by atoms with Gasteiger partial charge in [0, 0.05) is 4.47 Å². The summed E-state index contributed by atoms with van der Waals surface area (Å²) in [4.78, 5) is 12.3. The molecule has 0 unspecified atom stereocenters. The van der Waals surface area contributed by atoms with E-state index >= 15 is 0 Å². The molecule has 4 nitrogen and oxygen atoms in total. The van der Waals surface area contributed by atoms with E-state index in [0.29, 0.717) is 32.3 Å². The van der Waals surface area contributed by atoms with E-state index in [9.17, 15) is 4.79 Å². The molecule has 0 atom stereocenters. The second-order valence-corrected chi connectivity index (χ2v) is 6.85. The molecule has 0 aromatic heterocycles. The normalized spacial score (nSPS) is 10.4. The third kappa shape index (κ3) is 4.48. The van der Waals surface area contributed by atoms with Gasteiger partial charge >= 0.3 is 0 Å². The number of ether oxygens (including phenoxy) is 2. The standard InChI is InChI=1S/C16H13BrCl3NO3/c1-23-14-3-8(9(17)5-15(14)24-2)4-16(22)21-13-7-11(19)10(18)6-12(13)20/h3,5-7H,4H2,1-2H3,(H,21,22). The zero-order chi connectivity index (χ0) is 17.9. The molecule has 0 spiro atoms. The fraction of sp³-hybridized carbons (Fsp3) is 0.188. The first-order valence-electron chi connectivity index (χ1n) is 6.70. The Morgan fingerprint density at radius 1 is 1.00 bits per heavy atom. The van der Waals surface area contributed by atoms with Crippen LogP contribution < -0.4 is 14.8 Å². The van der Waals surface area contributed by atoms with E-state index in [1.54, 1.807) is 19.2 Å². The van der Waals surface area contributed by atoms with Gasteiger partial charge in [0.25, 0.3) is 0 Å². The lowest BCUT2D eigenvalue weighted by molar-refractivity contribution is -0.115. The maximum Gasteiger partial charge on any atom is 0.228 e. The second-order valence-electron chi connectivity index (χ2n) is 4.77. The van der Waals surface area contributed by atoms with Crippen LogP contribution in [0, 0.1) is 0 Å². The number of hydrogen-bond acceptors (Lipinski definition) is 3. The summed E-state index contributed by atoms with van der Waals surface area (Å²) in [5, 5.41) is 3.65. The fourth-order valence-corrected chi connectivity index (χ4v) is 3.07. The molecular formula is C16H13BrCl3NO3. The summed E-state index contributed by atoms with van der Waals surface area (Å²) in [6.07, 6.45) is 0.109. The number of methoxy groups -OCH3 is 2. The summed E-state index contributed by atoms with van der Waals surface area (Å²) < 4.78 is 11.2. The predicted molar refractivity (Wildman–Crippen MR) is 101 cm³/mol. The minimum absolute atomic E-state index is 0.109. The minimum Gasteiger partial charge on any atom is -0.493 e. The molecule has 1 amide bonds. The number of amides is 1. The van der Waals surface area contributed by atoms with Crippen LogP contribution in [0.2, 0.25) is 15.1 Å². The van der Waals surface area contributed by atoms with Crippen molar-refractivity contribution in [1.82, 2.24) is 0 Å². The largest absolute Gasteiger partial charge is 0.493 e. The summed E-state index contributed by atoms with van der Waals surface area (Å²) in [5.74, 6) is 0.848. The summed E-state index contributed by atoms with van der Waals surface area (Å²) in [6, 6.07) is 6.47. The summed E-state index contributed by atoms with van der Waals surface area (Å²) >= 11 is 21.3. The molecule has 128 valence electrons. The van der Waals surface area contributed by atoms with E-state index in [2.05, 4.69) is 21.2 Å². The molecule has 0 aliphatic rings. The van der Waals surface area contributed by atoms with Crippen molar-refractivity contribution in [3.8, 4) is 11.5 Å². The second kappa shape index (κ2) is 8.30. The van der Waals surface area contributed by atoms with Crippen molar-refractivity contribution in [1.29, 1.82) is 0 Å². The van der Waals surface area contributed by atoms with Gasteiger partial charge in [-0.2, -0.15) is 0 Å². The van der Waals surface area contributed by atoms with E-state index in [1.165, 1.54) is 19.2 Å². The number of rotatable bonds is 5. The molecule has 8 heteroatoms. The van der Waals surface area contributed by atoms with Gasteiger partial charge in [0.2, 0.25) is 5.91 Å². The van der Waals surface area contributed by atoms with E-state index in [-0.39, 0.29) is 12.3 Å². The van der Waals surface area contributed by atoms with Gasteiger partial charge in [-0.25, -0.2) is 0 Å². The number of benzene rings is 2. The lowest BCUT2D eigenvalue weighted by atomic mass is 10.1. The Morgan fingerprint density at radius 3 is 2.21 bits per heavy atom. The van der Waals surface area contributed by atoms with Crippen LogP contribution in [0.15, 0.2) is 28.7 Å². The van der Waals surface area contributed by atoms with Crippen LogP contribution in [0.5, 0.6) is 11.5 Å². The van der Waals surface area contributed by atoms with Crippen LogP contribution in [0.25, 0.3) is 0 Å². The molecule has 2 aromatic carbocycles. The molecule has 1 N–H and O–H groups in total. The monoisotopic (exact) mass is 451 g/mol. The maximum absolute atomic E-state index is 12.3. The Morgan fingerprint density at radius 2 is 1.58 bits per heavy atom. The Balaban J connectivity index is 2.20. The van der Waals surface area contributed by atoms with Crippen LogP contribution in [0.4, 0.5) is 5.69 Å². The number of carbonyl (C=O) groups excluding carboxylic acids is 1. The van der Waals surface area contributed by atoms with E-state index in [0.717, 1.165) is 10.0 Å². The van der Waals surface area contributed by atoms with Gasteiger partial charge in [-0.1, -0.05) is 50.7 Å². The highest BCUT2D eigenvalue weighted by Crippen LogP contribution is 2.34. The van der Waals surface area contributed by atoms with Crippen molar-refractivity contribution in [2.24, 2.45) is 0 Å². The lowest BCUT2D eigenvalue weighted by Crippen LogP contribution is -2.15. The van der Waals surface area contributed by atoms with Gasteiger partial charge in [-0.3, -0.25) is 4.79 Å².